The van der Waals surface area contributed by atoms with Crippen molar-refractivity contribution in [3.05, 3.63) is 101 Å². The number of hydrogen-bond acceptors (Lipinski definition) is 19. The van der Waals surface area contributed by atoms with E-state index in [1.807, 2.05) is 57.3 Å². The van der Waals surface area contributed by atoms with E-state index in [0.29, 0.717) is 53.0 Å². The van der Waals surface area contributed by atoms with Crippen LogP contribution in [0.3, 0.4) is 0 Å². The third-order valence-corrected chi connectivity index (χ3v) is 17.0. The van der Waals surface area contributed by atoms with Gasteiger partial charge in [-0.1, -0.05) is 38.1 Å². The number of likely N-dealkylation sites (tertiary alicyclic amines) is 2. The molecule has 1 aliphatic carbocycles. The number of nitriles is 1. The number of phenols is 1. The van der Waals surface area contributed by atoms with Crippen molar-refractivity contribution in [2.75, 3.05) is 61.4 Å². The minimum atomic E-state index is -0.901. The van der Waals surface area contributed by atoms with Gasteiger partial charge in [0.2, 0.25) is 17.7 Å². The first-order valence-electron chi connectivity index (χ1n) is 27.1. The van der Waals surface area contributed by atoms with Gasteiger partial charge in [0.1, 0.15) is 30.4 Å². The van der Waals surface area contributed by atoms with E-state index in [1.165, 1.54) is 16.2 Å². The maximum Gasteiger partial charge on any atom is 0.254 e. The molecule has 4 aromatic heterocycles. The molecule has 2 bridgehead atoms. The number of amides is 2. The molecule has 2 unspecified atom stereocenters. The van der Waals surface area contributed by atoms with Crippen molar-refractivity contribution in [3.8, 4) is 45.3 Å². The Labute approximate surface area is 457 Å². The molecule has 5 fully saturated rings. The number of rotatable bonds is 18. The number of aromatic hydroxyl groups is 1. The predicted octanol–water partition coefficient (Wildman–Crippen LogP) is 6.46. The topological polar surface area (TPSA) is 255 Å². The molecule has 408 valence electrons. The highest BCUT2D eigenvalue weighted by atomic mass is 32.1. The molecule has 20 nitrogen and oxygen atoms in total. The summed E-state index contributed by atoms with van der Waals surface area (Å²) in [5.74, 6) is 0.0549. The Balaban J connectivity index is 0.602. The first kappa shape index (κ1) is 52.7. The van der Waals surface area contributed by atoms with Crippen LogP contribution < -0.4 is 30.3 Å². The molecule has 5 atom stereocenters. The lowest BCUT2D eigenvalue weighted by Crippen LogP contribution is -2.54. The molecule has 0 radical (unpaired) electrons. The molecular weight excluding hydrogens is 1010 g/mol. The summed E-state index contributed by atoms with van der Waals surface area (Å²) in [5, 5.41) is 46.7. The normalized spacial score (nSPS) is 22.8. The van der Waals surface area contributed by atoms with Gasteiger partial charge in [-0.05, 0) is 85.1 Å². The molecule has 2 amide bonds. The first-order chi connectivity index (χ1) is 37.8. The lowest BCUT2D eigenvalue weighted by Gasteiger charge is -2.43. The number of ether oxygens (including phenoxy) is 3. The summed E-state index contributed by atoms with van der Waals surface area (Å²) in [7, 11) is 0. The van der Waals surface area contributed by atoms with Crippen LogP contribution in [0.2, 0.25) is 0 Å². The maximum atomic E-state index is 14.2. The number of nitrogens with zero attached hydrogens (tertiary/aromatic N) is 10. The Morgan fingerprint density at radius 2 is 1.73 bits per heavy atom. The highest BCUT2D eigenvalue weighted by molar-refractivity contribution is 7.13. The number of carbonyl (C=O) groups excluding carboxylic acids is 2. The van der Waals surface area contributed by atoms with Crippen LogP contribution in [0.5, 0.6) is 17.5 Å². The molecule has 6 aromatic rings. The van der Waals surface area contributed by atoms with Crippen LogP contribution in [0.4, 0.5) is 17.2 Å². The first-order valence-corrected chi connectivity index (χ1v) is 28.0. The summed E-state index contributed by atoms with van der Waals surface area (Å²) in [6.45, 7) is 10.2. The number of nitrogens with two attached hydrogens (primary N) is 1. The number of para-hydroxylation sites is 1. The third kappa shape index (κ3) is 11.3. The number of hydrogen-bond donors (Lipinski definition) is 4. The molecule has 5 aliphatic rings. The molecule has 21 heteroatoms. The number of aromatic nitrogens is 5. The Kier molecular flexibility index (Phi) is 15.5. The van der Waals surface area contributed by atoms with Gasteiger partial charge in [0, 0.05) is 107 Å². The molecule has 2 aromatic carbocycles. The van der Waals surface area contributed by atoms with Crippen LogP contribution in [0.25, 0.3) is 21.7 Å². The zero-order valence-corrected chi connectivity index (χ0v) is 44.9. The number of aliphatic hydroxyl groups is 1. The fourth-order valence-electron chi connectivity index (χ4n) is 11.9. The number of carbonyl (C=O) groups is 2. The van der Waals surface area contributed by atoms with Crippen molar-refractivity contribution >= 4 is 40.3 Å². The molecular formula is C57H66N12O8S. The van der Waals surface area contributed by atoms with Crippen LogP contribution >= 0.6 is 11.3 Å². The van der Waals surface area contributed by atoms with Gasteiger partial charge in [-0.15, -0.1) is 21.5 Å². The van der Waals surface area contributed by atoms with E-state index in [1.54, 1.807) is 29.8 Å². The number of pyridine rings is 1. The van der Waals surface area contributed by atoms with Crippen LogP contribution in [-0.4, -0.2) is 146 Å². The molecule has 11 rings (SSSR count). The minimum Gasteiger partial charge on any atom is -0.507 e. The molecule has 4 saturated heterocycles. The number of piperazine rings is 1. The van der Waals surface area contributed by atoms with E-state index in [4.69, 9.17) is 24.5 Å². The van der Waals surface area contributed by atoms with Gasteiger partial charge in [0.05, 0.1) is 57.4 Å². The Morgan fingerprint density at radius 1 is 0.936 bits per heavy atom. The van der Waals surface area contributed by atoms with Crippen LogP contribution in [0.1, 0.15) is 87.3 Å². The Morgan fingerprint density at radius 3 is 2.47 bits per heavy atom. The molecule has 5 N–H and O–H groups in total. The number of fused-ring (bicyclic) bond motifs is 2. The Bertz CT molecular complexity index is 3140. The van der Waals surface area contributed by atoms with Crippen LogP contribution in [0.15, 0.2) is 83.0 Å². The SMILES string of the molecule is Cc1ncsc1-c1ccc(CNC(=O)[C@@H]2C[C@@H](O)CN2C(=O)[C@H](c2cc(OCCN3CCC(OC4CC(Oc5cc(N6C7CCC6CN(c6cc(-c8ccccc8O)nnc6N)C7)ccn5)C4)CC3)no2)C(C)C)c(C#N)c1. The van der Waals surface area contributed by atoms with E-state index < -0.39 is 24.0 Å². The van der Waals surface area contributed by atoms with Crippen molar-refractivity contribution in [2.24, 2.45) is 5.92 Å². The molecule has 78 heavy (non-hydrogen) atoms. The number of thiazole rings is 1. The molecule has 1 saturated carbocycles. The van der Waals surface area contributed by atoms with Gasteiger partial charge in [0.25, 0.3) is 5.88 Å². The second kappa shape index (κ2) is 22.9. The van der Waals surface area contributed by atoms with Crippen molar-refractivity contribution in [3.63, 3.8) is 0 Å². The van der Waals surface area contributed by atoms with E-state index in [0.717, 1.165) is 92.2 Å². The van der Waals surface area contributed by atoms with E-state index in [9.17, 15) is 25.1 Å². The number of anilines is 3. The van der Waals surface area contributed by atoms with Crippen LogP contribution in [-0.2, 0) is 20.9 Å². The number of phenolic OH excluding ortho intramolecular Hbond substituents is 1. The van der Waals surface area contributed by atoms with Gasteiger partial charge in [-0.3, -0.25) is 14.5 Å². The van der Waals surface area contributed by atoms with Gasteiger partial charge < -0.3 is 54.7 Å². The molecule has 4 aliphatic heterocycles. The number of piperidine rings is 1. The summed E-state index contributed by atoms with van der Waals surface area (Å²) >= 11 is 1.50. The second-order valence-corrected chi connectivity index (χ2v) is 22.4. The lowest BCUT2D eigenvalue weighted by molar-refractivity contribution is -0.141. The van der Waals surface area contributed by atoms with Crippen LogP contribution in [0, 0.1) is 24.2 Å². The van der Waals surface area contributed by atoms with E-state index >= 15 is 0 Å². The summed E-state index contributed by atoms with van der Waals surface area (Å²) in [6.07, 6.45) is 7.04. The number of benzene rings is 2. The number of nitrogens with one attached hydrogen (secondary N) is 1. The quantitative estimate of drug-likeness (QED) is 0.0720. The van der Waals surface area contributed by atoms with Crippen molar-refractivity contribution in [1.29, 1.82) is 5.26 Å². The number of aryl methyl sites for hydroxylation is 1. The van der Waals surface area contributed by atoms with Gasteiger partial charge >= 0.3 is 0 Å². The van der Waals surface area contributed by atoms with Crippen molar-refractivity contribution < 1.29 is 38.5 Å². The second-order valence-electron chi connectivity index (χ2n) is 21.6. The number of nitrogen functional groups attached to an aromatic ring is 1. The van der Waals surface area contributed by atoms with Gasteiger partial charge in [-0.2, -0.15) is 5.26 Å². The standard InChI is InChI=1S/C57H66N12O8S/c1-33(2)53(57(73)68-31-41(70)22-48(68)56(72)61-28-36-9-8-35(20-37(36)27-58)54-34(3)62-32-78-54)50-26-52(65-77-50)74-19-18-66-16-13-42(14-17-66)75-43-23-44(24-43)76-51-21-38(12-15-60-51)69-39-10-11-40(69)30-67(29-39)47-25-46(63-64-55(47)59)45-6-4-5-7-49(45)71/h4-9,12,15,20-21,25-26,32-33,39-44,48,53,70-71H,10-11,13-14,16-19,22-24,28-31H2,1-3H3,(H2,59,64)(H,61,72)/t39?,40?,41-,43?,44?,48+,53+/m1/s1. The summed E-state index contributed by atoms with van der Waals surface area (Å²) in [4.78, 5) is 46.4. The summed E-state index contributed by atoms with van der Waals surface area (Å²) in [5.41, 5.74) is 14.2. The highest BCUT2D eigenvalue weighted by Crippen LogP contribution is 2.41. The third-order valence-electron chi connectivity index (χ3n) is 16.0. The van der Waals surface area contributed by atoms with Crippen molar-refractivity contribution in [2.45, 2.75) is 121 Å². The average molecular weight is 1080 g/mol. The number of aliphatic hydroxyl groups excluding tert-OH is 1. The zero-order valence-electron chi connectivity index (χ0n) is 44.1. The summed E-state index contributed by atoms with van der Waals surface area (Å²) in [6, 6.07) is 22.3. The van der Waals surface area contributed by atoms with Crippen molar-refractivity contribution in [1.82, 2.24) is 40.4 Å². The number of β-amino-alcohol motifs (C(OH)–C–C–N with tert-alkyl or cyclic N) is 1. The smallest absolute Gasteiger partial charge is 0.254 e. The van der Waals surface area contributed by atoms with E-state index in [-0.39, 0.29) is 73.4 Å². The average Bonchev–Trinajstić information content (AvgIpc) is 4.40. The highest BCUT2D eigenvalue weighted by Gasteiger charge is 2.44. The molecule has 8 heterocycles. The fourth-order valence-corrected chi connectivity index (χ4v) is 12.7. The lowest BCUT2D eigenvalue weighted by atomic mass is 9.91. The minimum absolute atomic E-state index is 0.00628. The van der Waals surface area contributed by atoms with Gasteiger partial charge in [-0.25, -0.2) is 9.97 Å². The van der Waals surface area contributed by atoms with Gasteiger partial charge in [0.15, 0.2) is 11.6 Å². The maximum absolute atomic E-state index is 14.2. The van der Waals surface area contributed by atoms with E-state index in [2.05, 4.69) is 63.5 Å². The monoisotopic (exact) mass is 1080 g/mol. The molecule has 0 spiro atoms. The Hall–Kier alpha value is -7.38. The summed E-state index contributed by atoms with van der Waals surface area (Å²) < 4.78 is 24.7. The predicted molar refractivity (Wildman–Crippen MR) is 292 cm³/mol. The zero-order chi connectivity index (χ0) is 54.0. The largest absolute Gasteiger partial charge is 0.507 e. The fraction of sp³-hybridized carbons (Fsp3) is 0.474.